The molecule has 2 aromatic rings. The van der Waals surface area contributed by atoms with E-state index in [9.17, 15) is 0 Å². The zero-order valence-corrected chi connectivity index (χ0v) is 14.8. The number of hydrogen-bond donors (Lipinski definition) is 1. The fourth-order valence-corrected chi connectivity index (χ4v) is 3.55. The molecule has 21 heavy (non-hydrogen) atoms. The van der Waals surface area contributed by atoms with Gasteiger partial charge in [0.2, 0.25) is 0 Å². The first-order valence-electron chi connectivity index (χ1n) is 7.72. The van der Waals surface area contributed by atoms with Gasteiger partial charge in [0.25, 0.3) is 0 Å². The highest BCUT2D eigenvalue weighted by molar-refractivity contribution is 7.18. The Morgan fingerprint density at radius 1 is 1.19 bits per heavy atom. The van der Waals surface area contributed by atoms with Crippen molar-refractivity contribution in [3.63, 3.8) is 0 Å². The molecule has 1 N–H and O–H groups in total. The van der Waals surface area contributed by atoms with Crippen LogP contribution in [0.3, 0.4) is 0 Å². The summed E-state index contributed by atoms with van der Waals surface area (Å²) < 4.78 is 0. The van der Waals surface area contributed by atoms with Gasteiger partial charge in [0, 0.05) is 17.5 Å². The van der Waals surface area contributed by atoms with E-state index < -0.39 is 0 Å². The molecule has 2 heterocycles. The molecule has 116 valence electrons. The van der Waals surface area contributed by atoms with E-state index in [-0.39, 0.29) is 0 Å². The van der Waals surface area contributed by atoms with Crippen LogP contribution in [0, 0.1) is 13.8 Å². The fourth-order valence-electron chi connectivity index (χ4n) is 2.50. The lowest BCUT2D eigenvalue weighted by Crippen LogP contribution is -2.30. The van der Waals surface area contributed by atoms with Crippen LogP contribution in [0.15, 0.2) is 0 Å². The summed E-state index contributed by atoms with van der Waals surface area (Å²) in [5.41, 5.74) is 1.30. The van der Waals surface area contributed by atoms with Gasteiger partial charge in [0.1, 0.15) is 16.5 Å². The van der Waals surface area contributed by atoms with Gasteiger partial charge in [0.15, 0.2) is 0 Å². The van der Waals surface area contributed by atoms with E-state index in [0.29, 0.717) is 6.04 Å². The van der Waals surface area contributed by atoms with Crippen molar-refractivity contribution < 1.29 is 0 Å². The van der Waals surface area contributed by atoms with Gasteiger partial charge < -0.3 is 5.32 Å². The van der Waals surface area contributed by atoms with Crippen molar-refractivity contribution in [2.45, 2.75) is 54.1 Å². The maximum absolute atomic E-state index is 4.80. The quantitative estimate of drug-likeness (QED) is 0.876. The predicted octanol–water partition coefficient (Wildman–Crippen LogP) is 3.97. The van der Waals surface area contributed by atoms with Gasteiger partial charge in [-0.3, -0.25) is 4.90 Å². The van der Waals surface area contributed by atoms with Gasteiger partial charge in [-0.1, -0.05) is 6.92 Å². The van der Waals surface area contributed by atoms with Gasteiger partial charge in [-0.2, -0.15) is 0 Å². The summed E-state index contributed by atoms with van der Waals surface area (Å²) in [5.74, 6) is 1.90. The Labute approximate surface area is 131 Å². The Kier molecular flexibility index (Phi) is 5.17. The first-order valence-corrected chi connectivity index (χ1v) is 8.54. The van der Waals surface area contributed by atoms with Crippen LogP contribution >= 0.6 is 11.3 Å². The molecule has 5 heteroatoms. The zero-order chi connectivity index (χ0) is 15.6. The molecule has 0 aliphatic carbocycles. The summed E-state index contributed by atoms with van der Waals surface area (Å²) in [7, 11) is 0. The summed E-state index contributed by atoms with van der Waals surface area (Å²) >= 11 is 1.77. The number of aromatic nitrogens is 2. The summed E-state index contributed by atoms with van der Waals surface area (Å²) in [6, 6.07) is 0.503. The highest BCUT2D eigenvalue weighted by Crippen LogP contribution is 2.33. The highest BCUT2D eigenvalue weighted by atomic mass is 32.1. The molecule has 2 rings (SSSR count). The van der Waals surface area contributed by atoms with E-state index in [4.69, 9.17) is 9.97 Å². The number of nitrogens with zero attached hydrogens (tertiary/aromatic N) is 3. The van der Waals surface area contributed by atoms with Crippen LogP contribution in [-0.4, -0.2) is 34.0 Å². The van der Waals surface area contributed by atoms with Crippen LogP contribution in [0.5, 0.6) is 0 Å². The monoisotopic (exact) mass is 306 g/mol. The molecule has 0 unspecified atom stereocenters. The van der Waals surface area contributed by atoms with E-state index in [2.05, 4.69) is 51.8 Å². The predicted molar refractivity (Wildman–Crippen MR) is 92.3 cm³/mol. The van der Waals surface area contributed by atoms with Crippen molar-refractivity contribution in [1.82, 2.24) is 14.9 Å². The van der Waals surface area contributed by atoms with Crippen molar-refractivity contribution in [2.24, 2.45) is 0 Å². The molecule has 0 spiro atoms. The van der Waals surface area contributed by atoms with Crippen molar-refractivity contribution in [3.05, 3.63) is 16.3 Å². The fraction of sp³-hybridized carbons (Fsp3) is 0.625. The largest absolute Gasteiger partial charge is 0.370 e. The average molecular weight is 306 g/mol. The minimum atomic E-state index is 0.503. The maximum atomic E-state index is 4.80. The normalized spacial score (nSPS) is 11.8. The third-order valence-corrected chi connectivity index (χ3v) is 5.00. The SMILES string of the molecule is CCNc1nc(CN(CC)C(C)C)nc2sc(C)c(C)c12. The first kappa shape index (κ1) is 16.2. The number of thiophene rings is 1. The number of rotatable bonds is 6. The van der Waals surface area contributed by atoms with Crippen molar-refractivity contribution in [3.8, 4) is 0 Å². The molecule has 0 aliphatic rings. The lowest BCUT2D eigenvalue weighted by molar-refractivity contribution is 0.219. The summed E-state index contributed by atoms with van der Waals surface area (Å²) in [6.45, 7) is 15.7. The number of nitrogens with one attached hydrogen (secondary N) is 1. The van der Waals surface area contributed by atoms with Gasteiger partial charge in [-0.25, -0.2) is 9.97 Å². The molecule has 0 radical (unpaired) electrons. The van der Waals surface area contributed by atoms with Gasteiger partial charge in [0.05, 0.1) is 11.9 Å². The Morgan fingerprint density at radius 3 is 2.48 bits per heavy atom. The van der Waals surface area contributed by atoms with Crippen LogP contribution in [0.2, 0.25) is 0 Å². The van der Waals surface area contributed by atoms with Crippen molar-refractivity contribution in [2.75, 3.05) is 18.4 Å². The van der Waals surface area contributed by atoms with Crippen LogP contribution in [0.25, 0.3) is 10.2 Å². The van der Waals surface area contributed by atoms with Crippen LogP contribution < -0.4 is 5.32 Å². The minimum absolute atomic E-state index is 0.503. The molecular weight excluding hydrogens is 280 g/mol. The number of hydrogen-bond acceptors (Lipinski definition) is 5. The molecule has 0 aromatic carbocycles. The summed E-state index contributed by atoms with van der Waals surface area (Å²) in [4.78, 5) is 14.4. The molecule has 0 atom stereocenters. The first-order chi connectivity index (χ1) is 9.97. The smallest absolute Gasteiger partial charge is 0.146 e. The third-order valence-electron chi connectivity index (χ3n) is 3.90. The minimum Gasteiger partial charge on any atom is -0.370 e. The van der Waals surface area contributed by atoms with Crippen LogP contribution in [0.1, 0.15) is 44.0 Å². The second-order valence-corrected chi connectivity index (χ2v) is 6.84. The Morgan fingerprint density at radius 2 is 1.90 bits per heavy atom. The van der Waals surface area contributed by atoms with Gasteiger partial charge in [-0.15, -0.1) is 11.3 Å². The van der Waals surface area contributed by atoms with E-state index in [0.717, 1.165) is 36.1 Å². The third kappa shape index (κ3) is 3.35. The van der Waals surface area contributed by atoms with E-state index >= 15 is 0 Å². The molecule has 0 saturated heterocycles. The zero-order valence-electron chi connectivity index (χ0n) is 13.9. The summed E-state index contributed by atoms with van der Waals surface area (Å²) in [6.07, 6.45) is 0. The Bertz CT molecular complexity index is 618. The molecule has 4 nitrogen and oxygen atoms in total. The molecule has 0 aliphatic heterocycles. The molecule has 2 aromatic heterocycles. The number of fused-ring (bicyclic) bond motifs is 1. The van der Waals surface area contributed by atoms with E-state index in [1.165, 1.54) is 15.8 Å². The molecular formula is C16H26N4S. The van der Waals surface area contributed by atoms with E-state index in [1.54, 1.807) is 11.3 Å². The molecule has 0 bridgehead atoms. The van der Waals surface area contributed by atoms with Crippen LogP contribution in [-0.2, 0) is 6.54 Å². The van der Waals surface area contributed by atoms with E-state index in [1.807, 2.05) is 0 Å². The number of aryl methyl sites for hydroxylation is 2. The lowest BCUT2D eigenvalue weighted by atomic mass is 10.2. The standard InChI is InChI=1S/C16H26N4S/c1-7-17-15-14-11(5)12(6)21-16(14)19-13(18-15)9-20(8-2)10(3)4/h10H,7-9H2,1-6H3,(H,17,18,19). The van der Waals surface area contributed by atoms with Crippen LogP contribution in [0.4, 0.5) is 5.82 Å². The lowest BCUT2D eigenvalue weighted by Gasteiger charge is -2.24. The van der Waals surface area contributed by atoms with Gasteiger partial charge >= 0.3 is 0 Å². The Hall–Kier alpha value is -1.20. The maximum Gasteiger partial charge on any atom is 0.146 e. The highest BCUT2D eigenvalue weighted by Gasteiger charge is 2.16. The molecule has 0 saturated carbocycles. The van der Waals surface area contributed by atoms with Crippen molar-refractivity contribution >= 4 is 27.4 Å². The molecule has 0 amide bonds. The van der Waals surface area contributed by atoms with Gasteiger partial charge in [-0.05, 0) is 46.7 Å². The van der Waals surface area contributed by atoms with Crippen molar-refractivity contribution in [1.29, 1.82) is 0 Å². The average Bonchev–Trinajstić information content (AvgIpc) is 2.71. The molecule has 0 fully saturated rings. The second kappa shape index (κ2) is 6.71. The number of anilines is 1. The summed E-state index contributed by atoms with van der Waals surface area (Å²) in [5, 5.41) is 4.59. The Balaban J connectivity index is 2.46. The second-order valence-electron chi connectivity index (χ2n) is 5.64. The topological polar surface area (TPSA) is 41.1 Å².